The SMILES string of the molecule is N=Cc1ccccc1-n1c(N)noc1=O. The Morgan fingerprint density at radius 2 is 2.20 bits per heavy atom. The summed E-state index contributed by atoms with van der Waals surface area (Å²) in [6.45, 7) is 0. The number of nitrogens with zero attached hydrogens (tertiary/aromatic N) is 2. The zero-order chi connectivity index (χ0) is 10.8. The number of aromatic nitrogens is 2. The molecule has 0 amide bonds. The van der Waals surface area contributed by atoms with E-state index < -0.39 is 5.76 Å². The molecule has 0 aliphatic rings. The molecule has 0 atom stereocenters. The Morgan fingerprint density at radius 3 is 2.80 bits per heavy atom. The molecular formula is C9H8N4O2. The summed E-state index contributed by atoms with van der Waals surface area (Å²) in [5.74, 6) is -0.698. The second kappa shape index (κ2) is 3.41. The van der Waals surface area contributed by atoms with Crippen molar-refractivity contribution >= 4 is 12.2 Å². The Balaban J connectivity index is 2.74. The number of hydrogen-bond acceptors (Lipinski definition) is 5. The highest BCUT2D eigenvalue weighted by Gasteiger charge is 2.11. The molecule has 1 aromatic heterocycles. The van der Waals surface area contributed by atoms with Gasteiger partial charge in [0.05, 0.1) is 5.69 Å². The maximum atomic E-state index is 11.3. The van der Waals surface area contributed by atoms with Crippen molar-refractivity contribution < 1.29 is 4.52 Å². The maximum Gasteiger partial charge on any atom is 0.447 e. The summed E-state index contributed by atoms with van der Waals surface area (Å²) in [6.07, 6.45) is 1.13. The van der Waals surface area contributed by atoms with E-state index in [1.165, 1.54) is 0 Å². The normalized spacial score (nSPS) is 10.1. The second-order valence-corrected chi connectivity index (χ2v) is 2.85. The first-order chi connectivity index (χ1) is 7.24. The van der Waals surface area contributed by atoms with E-state index >= 15 is 0 Å². The van der Waals surface area contributed by atoms with Gasteiger partial charge in [0.2, 0.25) is 5.95 Å². The van der Waals surface area contributed by atoms with Crippen LogP contribution >= 0.6 is 0 Å². The number of anilines is 1. The van der Waals surface area contributed by atoms with Crippen LogP contribution in [0.15, 0.2) is 33.6 Å². The smallest absolute Gasteiger partial charge is 0.366 e. The second-order valence-electron chi connectivity index (χ2n) is 2.85. The molecule has 0 aliphatic carbocycles. The van der Waals surface area contributed by atoms with Crippen LogP contribution in [-0.2, 0) is 0 Å². The molecule has 0 fully saturated rings. The number of para-hydroxylation sites is 1. The van der Waals surface area contributed by atoms with Crippen molar-refractivity contribution in [1.29, 1.82) is 5.41 Å². The molecular weight excluding hydrogens is 196 g/mol. The number of hydrogen-bond donors (Lipinski definition) is 2. The van der Waals surface area contributed by atoms with Crippen LogP contribution in [0.5, 0.6) is 0 Å². The van der Waals surface area contributed by atoms with Crippen LogP contribution in [0.1, 0.15) is 5.56 Å². The van der Waals surface area contributed by atoms with Crippen molar-refractivity contribution in [1.82, 2.24) is 9.72 Å². The van der Waals surface area contributed by atoms with Gasteiger partial charge in [-0.25, -0.2) is 9.36 Å². The highest BCUT2D eigenvalue weighted by molar-refractivity contribution is 5.82. The van der Waals surface area contributed by atoms with Crippen LogP contribution in [0, 0.1) is 5.41 Å². The van der Waals surface area contributed by atoms with E-state index in [0.29, 0.717) is 11.3 Å². The monoisotopic (exact) mass is 204 g/mol. The fourth-order valence-electron chi connectivity index (χ4n) is 1.30. The first-order valence-electron chi connectivity index (χ1n) is 4.18. The summed E-state index contributed by atoms with van der Waals surface area (Å²) in [6, 6.07) is 6.86. The van der Waals surface area contributed by atoms with Gasteiger partial charge < -0.3 is 11.1 Å². The van der Waals surface area contributed by atoms with Gasteiger partial charge in [-0.1, -0.05) is 18.2 Å². The van der Waals surface area contributed by atoms with E-state index in [1.54, 1.807) is 24.3 Å². The minimum Gasteiger partial charge on any atom is -0.366 e. The Bertz CT molecular complexity index is 555. The summed E-state index contributed by atoms with van der Waals surface area (Å²) in [7, 11) is 0. The Labute approximate surface area is 84.4 Å². The van der Waals surface area contributed by atoms with Gasteiger partial charge in [-0.3, -0.25) is 4.52 Å². The molecule has 0 aliphatic heterocycles. The van der Waals surface area contributed by atoms with Crippen LogP contribution in [0.25, 0.3) is 5.69 Å². The number of nitrogen functional groups attached to an aromatic ring is 1. The van der Waals surface area contributed by atoms with Gasteiger partial charge in [-0.2, -0.15) is 0 Å². The summed E-state index contributed by atoms with van der Waals surface area (Å²) >= 11 is 0. The molecule has 2 rings (SSSR count). The molecule has 15 heavy (non-hydrogen) atoms. The maximum absolute atomic E-state index is 11.3. The van der Waals surface area contributed by atoms with Crippen LogP contribution in [0.2, 0.25) is 0 Å². The summed E-state index contributed by atoms with van der Waals surface area (Å²) < 4.78 is 5.52. The van der Waals surface area contributed by atoms with Gasteiger partial charge >= 0.3 is 5.76 Å². The van der Waals surface area contributed by atoms with Gasteiger partial charge in [0.25, 0.3) is 0 Å². The quantitative estimate of drug-likeness (QED) is 0.692. The average Bonchev–Trinajstić information content (AvgIpc) is 2.59. The molecule has 3 N–H and O–H groups in total. The number of nitrogens with one attached hydrogen (secondary N) is 1. The lowest BCUT2D eigenvalue weighted by atomic mass is 10.2. The Kier molecular flexibility index (Phi) is 2.09. The average molecular weight is 204 g/mol. The van der Waals surface area contributed by atoms with E-state index in [9.17, 15) is 4.79 Å². The molecule has 1 aromatic carbocycles. The highest BCUT2D eigenvalue weighted by atomic mass is 16.5. The third kappa shape index (κ3) is 1.41. The lowest BCUT2D eigenvalue weighted by Crippen LogP contribution is -2.15. The van der Waals surface area contributed by atoms with Crippen LogP contribution in [-0.4, -0.2) is 15.9 Å². The molecule has 6 nitrogen and oxygen atoms in total. The molecule has 0 saturated heterocycles. The van der Waals surface area contributed by atoms with Crippen molar-refractivity contribution in [2.24, 2.45) is 0 Å². The molecule has 2 aromatic rings. The first-order valence-corrected chi connectivity index (χ1v) is 4.18. The van der Waals surface area contributed by atoms with Gasteiger partial charge in [0.1, 0.15) is 0 Å². The minimum absolute atomic E-state index is 0.0331. The molecule has 0 unspecified atom stereocenters. The molecule has 0 saturated carbocycles. The Morgan fingerprint density at radius 1 is 1.47 bits per heavy atom. The third-order valence-corrected chi connectivity index (χ3v) is 1.96. The van der Waals surface area contributed by atoms with Gasteiger partial charge in [0.15, 0.2) is 0 Å². The van der Waals surface area contributed by atoms with Gasteiger partial charge in [-0.05, 0) is 11.2 Å². The molecule has 1 heterocycles. The van der Waals surface area contributed by atoms with Crippen LogP contribution in [0.3, 0.4) is 0 Å². The number of benzene rings is 1. The van der Waals surface area contributed by atoms with Crippen molar-refractivity contribution in [3.63, 3.8) is 0 Å². The van der Waals surface area contributed by atoms with E-state index in [-0.39, 0.29) is 5.95 Å². The summed E-state index contributed by atoms with van der Waals surface area (Å²) in [4.78, 5) is 11.3. The number of rotatable bonds is 2. The van der Waals surface area contributed by atoms with Crippen molar-refractivity contribution in [2.75, 3.05) is 5.73 Å². The minimum atomic E-state index is -0.665. The summed E-state index contributed by atoms with van der Waals surface area (Å²) in [5.41, 5.74) is 6.53. The van der Waals surface area contributed by atoms with E-state index in [4.69, 9.17) is 11.1 Å². The largest absolute Gasteiger partial charge is 0.447 e. The predicted molar refractivity (Wildman–Crippen MR) is 54.4 cm³/mol. The third-order valence-electron chi connectivity index (χ3n) is 1.96. The standard InChI is InChI=1S/C9H8N4O2/c10-5-6-3-1-2-4-7(6)13-8(11)12-15-9(13)14/h1-5,10H,(H2,11,12). The van der Waals surface area contributed by atoms with Crippen LogP contribution < -0.4 is 11.5 Å². The van der Waals surface area contributed by atoms with Crippen molar-refractivity contribution in [2.45, 2.75) is 0 Å². The molecule has 0 radical (unpaired) electrons. The fourth-order valence-corrected chi connectivity index (χ4v) is 1.30. The predicted octanol–water partition coefficient (Wildman–Crippen LogP) is 0.405. The zero-order valence-corrected chi connectivity index (χ0v) is 7.68. The van der Waals surface area contributed by atoms with E-state index in [1.807, 2.05) is 0 Å². The molecule has 6 heteroatoms. The first kappa shape index (κ1) is 9.20. The lowest BCUT2D eigenvalue weighted by Gasteiger charge is -2.04. The van der Waals surface area contributed by atoms with Crippen molar-refractivity contribution in [3.8, 4) is 5.69 Å². The zero-order valence-electron chi connectivity index (χ0n) is 7.68. The molecule has 76 valence electrons. The Hall–Kier alpha value is -2.37. The summed E-state index contributed by atoms with van der Waals surface area (Å²) in [5, 5.41) is 10.5. The highest BCUT2D eigenvalue weighted by Crippen LogP contribution is 2.12. The van der Waals surface area contributed by atoms with E-state index in [0.717, 1.165) is 10.8 Å². The molecule has 0 bridgehead atoms. The van der Waals surface area contributed by atoms with Gasteiger partial charge in [0, 0.05) is 11.8 Å². The van der Waals surface area contributed by atoms with E-state index in [2.05, 4.69) is 9.68 Å². The topological polar surface area (TPSA) is 97.9 Å². The van der Waals surface area contributed by atoms with Crippen LogP contribution in [0.4, 0.5) is 5.95 Å². The lowest BCUT2D eigenvalue weighted by molar-refractivity contribution is 0.384. The fraction of sp³-hybridized carbons (Fsp3) is 0. The van der Waals surface area contributed by atoms with Crippen molar-refractivity contribution in [3.05, 3.63) is 40.4 Å². The molecule has 0 spiro atoms. The van der Waals surface area contributed by atoms with Gasteiger partial charge in [-0.15, -0.1) is 0 Å². The number of nitrogens with two attached hydrogens (primary N) is 1.